The SMILES string of the molecule is NCC(O)C(N)C(Cl)C(O)CCl. The highest BCUT2D eigenvalue weighted by molar-refractivity contribution is 6.23. The molecular weight excluding hydrogens is 203 g/mol. The van der Waals surface area contributed by atoms with E-state index in [9.17, 15) is 0 Å². The average molecular weight is 217 g/mol. The van der Waals surface area contributed by atoms with Gasteiger partial charge in [0, 0.05) is 12.4 Å². The first-order valence-corrected chi connectivity index (χ1v) is 4.53. The Morgan fingerprint density at radius 1 is 1.25 bits per heavy atom. The summed E-state index contributed by atoms with van der Waals surface area (Å²) in [7, 11) is 0. The fraction of sp³-hybridized carbons (Fsp3) is 1.00. The smallest absolute Gasteiger partial charge is 0.0854 e. The molecule has 0 aromatic carbocycles. The molecule has 0 amide bonds. The number of nitrogens with two attached hydrogens (primary N) is 2. The molecule has 0 fully saturated rings. The van der Waals surface area contributed by atoms with Gasteiger partial charge >= 0.3 is 0 Å². The molecule has 0 spiro atoms. The molecule has 0 saturated heterocycles. The maximum atomic E-state index is 9.15. The van der Waals surface area contributed by atoms with Crippen LogP contribution in [0.25, 0.3) is 0 Å². The standard InChI is InChI=1S/C6H14Cl2N2O2/c7-1-3(11)5(8)6(10)4(12)2-9/h3-6,11-12H,1-2,9-10H2. The molecule has 0 radical (unpaired) electrons. The minimum absolute atomic E-state index is 0.0133. The topological polar surface area (TPSA) is 92.5 Å². The van der Waals surface area contributed by atoms with Crippen LogP contribution in [0.5, 0.6) is 0 Å². The first-order valence-electron chi connectivity index (χ1n) is 3.56. The number of hydrogen-bond acceptors (Lipinski definition) is 4. The average Bonchev–Trinajstić information content (AvgIpc) is 2.12. The molecule has 0 aliphatic rings. The Bertz CT molecular complexity index is 114. The van der Waals surface area contributed by atoms with Crippen molar-refractivity contribution in [2.24, 2.45) is 11.5 Å². The van der Waals surface area contributed by atoms with E-state index in [1.165, 1.54) is 0 Å². The number of halogens is 2. The molecular formula is C6H14Cl2N2O2. The molecule has 0 rings (SSSR count). The van der Waals surface area contributed by atoms with E-state index in [0.29, 0.717) is 0 Å². The van der Waals surface area contributed by atoms with Gasteiger partial charge in [0.2, 0.25) is 0 Å². The summed E-state index contributed by atoms with van der Waals surface area (Å²) in [5.74, 6) is -0.0147. The number of rotatable bonds is 5. The van der Waals surface area contributed by atoms with E-state index in [-0.39, 0.29) is 12.4 Å². The third kappa shape index (κ3) is 3.43. The Hall–Kier alpha value is 0.420. The van der Waals surface area contributed by atoms with Crippen LogP contribution >= 0.6 is 23.2 Å². The molecule has 6 N–H and O–H groups in total. The normalized spacial score (nSPS) is 21.5. The van der Waals surface area contributed by atoms with Crippen LogP contribution in [-0.2, 0) is 0 Å². The minimum Gasteiger partial charge on any atom is -0.390 e. The number of aliphatic hydroxyl groups is 2. The van der Waals surface area contributed by atoms with Crippen LogP contribution in [0.4, 0.5) is 0 Å². The number of alkyl halides is 2. The van der Waals surface area contributed by atoms with Crippen molar-refractivity contribution in [2.75, 3.05) is 12.4 Å². The Labute approximate surface area is 81.4 Å². The lowest BCUT2D eigenvalue weighted by atomic mass is 10.1. The summed E-state index contributed by atoms with van der Waals surface area (Å²) in [6, 6.07) is -0.759. The van der Waals surface area contributed by atoms with Crippen LogP contribution in [0.2, 0.25) is 0 Å². The van der Waals surface area contributed by atoms with Gasteiger partial charge in [0.25, 0.3) is 0 Å². The summed E-state index contributed by atoms with van der Waals surface area (Å²) in [4.78, 5) is 0. The first-order chi connectivity index (χ1) is 5.54. The van der Waals surface area contributed by atoms with Crippen LogP contribution < -0.4 is 11.5 Å². The maximum Gasteiger partial charge on any atom is 0.0854 e. The van der Waals surface area contributed by atoms with E-state index >= 15 is 0 Å². The van der Waals surface area contributed by atoms with Gasteiger partial charge in [-0.2, -0.15) is 0 Å². The predicted octanol–water partition coefficient (Wildman–Crippen LogP) is -1.16. The van der Waals surface area contributed by atoms with Crippen LogP contribution in [0, 0.1) is 0 Å². The van der Waals surface area contributed by atoms with Crippen molar-refractivity contribution >= 4 is 23.2 Å². The molecule has 4 atom stereocenters. The van der Waals surface area contributed by atoms with Crippen LogP contribution in [0.1, 0.15) is 0 Å². The summed E-state index contributed by atoms with van der Waals surface area (Å²) in [6.07, 6.45) is -1.84. The molecule has 0 bridgehead atoms. The van der Waals surface area contributed by atoms with Gasteiger partial charge in [0.1, 0.15) is 0 Å². The van der Waals surface area contributed by atoms with Crippen LogP contribution in [0.3, 0.4) is 0 Å². The summed E-state index contributed by atoms with van der Waals surface area (Å²) in [5, 5.41) is 17.5. The van der Waals surface area contributed by atoms with E-state index in [0.717, 1.165) is 0 Å². The van der Waals surface area contributed by atoms with Crippen molar-refractivity contribution in [2.45, 2.75) is 23.6 Å². The zero-order valence-corrected chi connectivity index (χ0v) is 8.04. The van der Waals surface area contributed by atoms with Crippen LogP contribution in [-0.4, -0.2) is 46.3 Å². The first kappa shape index (κ1) is 12.4. The predicted molar refractivity (Wildman–Crippen MR) is 49.4 cm³/mol. The van der Waals surface area contributed by atoms with Gasteiger partial charge in [-0.15, -0.1) is 23.2 Å². The molecule has 0 aliphatic heterocycles. The summed E-state index contributed by atoms with van der Waals surface area (Å²) < 4.78 is 0. The van der Waals surface area contributed by atoms with Gasteiger partial charge in [0.15, 0.2) is 0 Å². The molecule has 0 aromatic rings. The lowest BCUT2D eigenvalue weighted by molar-refractivity contribution is 0.113. The van der Waals surface area contributed by atoms with E-state index in [1.807, 2.05) is 0 Å². The maximum absolute atomic E-state index is 9.15. The molecule has 0 saturated carbocycles. The Morgan fingerprint density at radius 3 is 2.08 bits per heavy atom. The molecule has 74 valence electrons. The van der Waals surface area contributed by atoms with Crippen molar-refractivity contribution in [1.82, 2.24) is 0 Å². The van der Waals surface area contributed by atoms with Crippen molar-refractivity contribution in [3.05, 3.63) is 0 Å². The fourth-order valence-corrected chi connectivity index (χ4v) is 1.25. The quantitative estimate of drug-likeness (QED) is 0.437. The van der Waals surface area contributed by atoms with Crippen molar-refractivity contribution in [3.8, 4) is 0 Å². The van der Waals surface area contributed by atoms with Gasteiger partial charge in [0.05, 0.1) is 23.6 Å². The molecule has 0 aliphatic carbocycles. The van der Waals surface area contributed by atoms with Crippen molar-refractivity contribution < 1.29 is 10.2 Å². The number of aliphatic hydroxyl groups excluding tert-OH is 2. The van der Waals surface area contributed by atoms with E-state index in [1.54, 1.807) is 0 Å². The summed E-state index contributed by atoms with van der Waals surface area (Å²) in [6.45, 7) is 0.0133. The molecule has 4 unspecified atom stereocenters. The second kappa shape index (κ2) is 5.96. The monoisotopic (exact) mass is 216 g/mol. The van der Waals surface area contributed by atoms with E-state index in [4.69, 9.17) is 44.9 Å². The van der Waals surface area contributed by atoms with Gasteiger partial charge in [-0.3, -0.25) is 0 Å². The molecule has 0 aromatic heterocycles. The zero-order chi connectivity index (χ0) is 9.72. The summed E-state index contributed by atoms with van der Waals surface area (Å²) in [5.41, 5.74) is 10.6. The Kier molecular flexibility index (Phi) is 6.17. The second-order valence-electron chi connectivity index (χ2n) is 2.55. The van der Waals surface area contributed by atoms with Gasteiger partial charge in [-0.05, 0) is 0 Å². The highest BCUT2D eigenvalue weighted by atomic mass is 35.5. The minimum atomic E-state index is -0.926. The number of hydrogen-bond donors (Lipinski definition) is 4. The highest BCUT2D eigenvalue weighted by Crippen LogP contribution is 2.10. The third-order valence-corrected chi connectivity index (χ3v) is 2.48. The third-order valence-electron chi connectivity index (χ3n) is 1.58. The lowest BCUT2D eigenvalue weighted by Gasteiger charge is -2.24. The Morgan fingerprint density at radius 2 is 1.75 bits per heavy atom. The Balaban J connectivity index is 3.99. The van der Waals surface area contributed by atoms with Crippen molar-refractivity contribution in [3.63, 3.8) is 0 Å². The summed E-state index contributed by atoms with van der Waals surface area (Å²) >= 11 is 11.0. The highest BCUT2D eigenvalue weighted by Gasteiger charge is 2.27. The van der Waals surface area contributed by atoms with E-state index < -0.39 is 23.6 Å². The van der Waals surface area contributed by atoms with E-state index in [2.05, 4.69) is 0 Å². The van der Waals surface area contributed by atoms with Gasteiger partial charge in [-0.25, -0.2) is 0 Å². The molecule has 12 heavy (non-hydrogen) atoms. The largest absolute Gasteiger partial charge is 0.390 e. The molecule has 0 heterocycles. The van der Waals surface area contributed by atoms with Crippen LogP contribution in [0.15, 0.2) is 0 Å². The van der Waals surface area contributed by atoms with Gasteiger partial charge in [-0.1, -0.05) is 0 Å². The van der Waals surface area contributed by atoms with Gasteiger partial charge < -0.3 is 21.7 Å². The fourth-order valence-electron chi connectivity index (χ4n) is 0.711. The molecule has 4 nitrogen and oxygen atoms in total. The zero-order valence-electron chi connectivity index (χ0n) is 6.53. The second-order valence-corrected chi connectivity index (χ2v) is 3.36. The lowest BCUT2D eigenvalue weighted by Crippen LogP contribution is -2.50. The van der Waals surface area contributed by atoms with Crippen molar-refractivity contribution in [1.29, 1.82) is 0 Å². The molecule has 6 heteroatoms.